The van der Waals surface area contributed by atoms with Gasteiger partial charge >= 0.3 is 6.09 Å². The van der Waals surface area contributed by atoms with Crippen LogP contribution in [0.2, 0.25) is 0 Å². The second-order valence-corrected chi connectivity index (χ2v) is 6.63. The zero-order valence-corrected chi connectivity index (χ0v) is 15.0. The molecule has 0 saturated carbocycles. The molecule has 0 fully saturated rings. The number of ether oxygens (including phenoxy) is 2. The second kappa shape index (κ2) is 9.50. The lowest BCUT2D eigenvalue weighted by Gasteiger charge is -2.27. The molecule has 0 aliphatic heterocycles. The number of alkyl carbamates (subject to hydrolysis) is 1. The summed E-state index contributed by atoms with van der Waals surface area (Å²) in [7, 11) is 1.65. The number of rotatable bonds is 7. The summed E-state index contributed by atoms with van der Waals surface area (Å²) in [6.45, 7) is 13.8. The Labute approximate surface area is 134 Å². The Bertz CT molecular complexity index is 362. The van der Waals surface area contributed by atoms with Crippen molar-refractivity contribution in [2.24, 2.45) is 4.99 Å². The molecule has 7 nitrogen and oxygen atoms in total. The fraction of sp³-hybridized carbons (Fsp3) is 0.867. The number of aliphatic imine (C=N–C) groups is 1. The van der Waals surface area contributed by atoms with E-state index in [2.05, 4.69) is 20.9 Å². The van der Waals surface area contributed by atoms with Crippen LogP contribution in [0.5, 0.6) is 0 Å². The Balaban J connectivity index is 4.51. The van der Waals surface area contributed by atoms with Crippen molar-refractivity contribution in [3.05, 3.63) is 0 Å². The van der Waals surface area contributed by atoms with Crippen LogP contribution in [0.15, 0.2) is 4.99 Å². The molecule has 3 N–H and O–H groups in total. The van der Waals surface area contributed by atoms with E-state index in [1.54, 1.807) is 7.11 Å². The fourth-order valence-corrected chi connectivity index (χ4v) is 1.51. The standard InChI is InChI=1S/C15H32N4O3/c1-8-16-12(17-9-10-21-7)18-11-15(5,6)19-13(20)22-14(2,3)4/h8-11H2,1-7H3,(H,19,20)(H2,16,17,18). The molecule has 0 spiro atoms. The van der Waals surface area contributed by atoms with E-state index < -0.39 is 17.2 Å². The normalized spacial score (nSPS) is 12.8. The Morgan fingerprint density at radius 2 is 1.77 bits per heavy atom. The summed E-state index contributed by atoms with van der Waals surface area (Å²) in [5, 5.41) is 9.13. The van der Waals surface area contributed by atoms with Gasteiger partial charge in [-0.25, -0.2) is 4.79 Å². The number of amides is 1. The molecule has 0 unspecified atom stereocenters. The third-order valence-electron chi connectivity index (χ3n) is 2.41. The number of hydrogen-bond acceptors (Lipinski definition) is 4. The minimum absolute atomic E-state index is 0.425. The minimum atomic E-state index is -0.514. The molecule has 130 valence electrons. The molecule has 0 aliphatic rings. The average Bonchev–Trinajstić information content (AvgIpc) is 2.33. The largest absolute Gasteiger partial charge is 0.444 e. The quantitative estimate of drug-likeness (QED) is 0.376. The van der Waals surface area contributed by atoms with Crippen molar-refractivity contribution in [2.75, 3.05) is 33.4 Å². The lowest BCUT2D eigenvalue weighted by Crippen LogP contribution is -2.49. The summed E-state index contributed by atoms with van der Waals surface area (Å²) in [6, 6.07) is 0. The molecule has 7 heteroatoms. The van der Waals surface area contributed by atoms with E-state index in [1.807, 2.05) is 41.5 Å². The Morgan fingerprint density at radius 3 is 2.27 bits per heavy atom. The number of carbonyl (C=O) groups is 1. The third-order valence-corrected chi connectivity index (χ3v) is 2.41. The second-order valence-electron chi connectivity index (χ2n) is 6.63. The van der Waals surface area contributed by atoms with Gasteiger partial charge in [0.25, 0.3) is 0 Å². The zero-order chi connectivity index (χ0) is 17.2. The highest BCUT2D eigenvalue weighted by molar-refractivity contribution is 5.79. The first kappa shape index (κ1) is 20.5. The molecule has 0 aliphatic carbocycles. The van der Waals surface area contributed by atoms with Crippen molar-refractivity contribution < 1.29 is 14.3 Å². The van der Waals surface area contributed by atoms with Gasteiger partial charge in [-0.2, -0.15) is 0 Å². The summed E-state index contributed by atoms with van der Waals surface area (Å²) in [5.74, 6) is 0.693. The molecule has 0 bridgehead atoms. The highest BCUT2D eigenvalue weighted by Gasteiger charge is 2.24. The number of nitrogens with one attached hydrogen (secondary N) is 3. The van der Waals surface area contributed by atoms with Gasteiger partial charge in [0.15, 0.2) is 5.96 Å². The maximum Gasteiger partial charge on any atom is 0.408 e. The molecule has 0 atom stereocenters. The summed E-state index contributed by atoms with van der Waals surface area (Å²) < 4.78 is 10.3. The summed E-state index contributed by atoms with van der Waals surface area (Å²) >= 11 is 0. The van der Waals surface area contributed by atoms with E-state index in [4.69, 9.17) is 9.47 Å². The van der Waals surface area contributed by atoms with E-state index in [9.17, 15) is 4.79 Å². The molecule has 0 radical (unpaired) electrons. The monoisotopic (exact) mass is 316 g/mol. The molecule has 0 aromatic carbocycles. The summed E-state index contributed by atoms with van der Waals surface area (Å²) in [4.78, 5) is 16.3. The van der Waals surface area contributed by atoms with Gasteiger partial charge in [-0.15, -0.1) is 0 Å². The van der Waals surface area contributed by atoms with Gasteiger partial charge in [-0.3, -0.25) is 4.99 Å². The van der Waals surface area contributed by atoms with E-state index in [-0.39, 0.29) is 0 Å². The van der Waals surface area contributed by atoms with Crippen LogP contribution in [0.4, 0.5) is 4.79 Å². The van der Waals surface area contributed by atoms with Crippen molar-refractivity contribution in [1.82, 2.24) is 16.0 Å². The number of carbonyl (C=O) groups excluding carboxylic acids is 1. The Hall–Kier alpha value is -1.50. The molecular formula is C15H32N4O3. The predicted octanol–water partition coefficient (Wildman–Crippen LogP) is 1.49. The van der Waals surface area contributed by atoms with E-state index in [0.29, 0.717) is 25.7 Å². The van der Waals surface area contributed by atoms with Crippen LogP contribution in [0.25, 0.3) is 0 Å². The van der Waals surface area contributed by atoms with Crippen LogP contribution < -0.4 is 16.0 Å². The fourth-order valence-electron chi connectivity index (χ4n) is 1.51. The molecule has 0 aromatic rings. The molecule has 0 rings (SSSR count). The highest BCUT2D eigenvalue weighted by atomic mass is 16.6. The molecule has 22 heavy (non-hydrogen) atoms. The topological polar surface area (TPSA) is 84.0 Å². The van der Waals surface area contributed by atoms with Crippen LogP contribution in [0, 0.1) is 0 Å². The highest BCUT2D eigenvalue weighted by Crippen LogP contribution is 2.09. The van der Waals surface area contributed by atoms with Crippen molar-refractivity contribution in [1.29, 1.82) is 0 Å². The maximum atomic E-state index is 11.8. The van der Waals surface area contributed by atoms with Gasteiger partial charge in [0.2, 0.25) is 0 Å². The predicted molar refractivity (Wildman–Crippen MR) is 89.3 cm³/mol. The van der Waals surface area contributed by atoms with Crippen molar-refractivity contribution in [2.45, 2.75) is 52.7 Å². The SMILES string of the molecule is CCNC(=NCC(C)(C)NC(=O)OC(C)(C)C)NCCOC. The number of guanidine groups is 1. The van der Waals surface area contributed by atoms with Gasteiger partial charge < -0.3 is 25.4 Å². The molecular weight excluding hydrogens is 284 g/mol. The number of hydrogen-bond donors (Lipinski definition) is 3. The number of methoxy groups -OCH3 is 1. The third kappa shape index (κ3) is 11.2. The Morgan fingerprint density at radius 1 is 1.14 bits per heavy atom. The summed E-state index contributed by atoms with van der Waals surface area (Å²) in [6.07, 6.45) is -0.440. The Kier molecular flexibility index (Phi) is 8.86. The molecule has 0 heterocycles. The van der Waals surface area contributed by atoms with Gasteiger partial charge in [-0.05, 0) is 41.5 Å². The van der Waals surface area contributed by atoms with Crippen molar-refractivity contribution in [3.63, 3.8) is 0 Å². The summed E-state index contributed by atoms with van der Waals surface area (Å²) in [5.41, 5.74) is -1.02. The van der Waals surface area contributed by atoms with Crippen molar-refractivity contribution >= 4 is 12.1 Å². The number of nitrogens with zero attached hydrogens (tertiary/aromatic N) is 1. The molecule has 1 amide bonds. The van der Waals surface area contributed by atoms with Gasteiger partial charge in [-0.1, -0.05) is 0 Å². The van der Waals surface area contributed by atoms with Gasteiger partial charge in [0.1, 0.15) is 5.60 Å². The van der Waals surface area contributed by atoms with Gasteiger partial charge in [0.05, 0.1) is 18.7 Å². The van der Waals surface area contributed by atoms with E-state index in [0.717, 1.165) is 6.54 Å². The van der Waals surface area contributed by atoms with Crippen LogP contribution in [0.3, 0.4) is 0 Å². The molecule has 0 aromatic heterocycles. The van der Waals surface area contributed by atoms with Crippen LogP contribution in [-0.2, 0) is 9.47 Å². The van der Waals surface area contributed by atoms with Crippen molar-refractivity contribution in [3.8, 4) is 0 Å². The van der Waals surface area contributed by atoms with Crippen LogP contribution in [-0.4, -0.2) is 56.5 Å². The van der Waals surface area contributed by atoms with E-state index >= 15 is 0 Å². The smallest absolute Gasteiger partial charge is 0.408 e. The first-order chi connectivity index (χ1) is 10.1. The van der Waals surface area contributed by atoms with E-state index in [1.165, 1.54) is 0 Å². The minimum Gasteiger partial charge on any atom is -0.444 e. The lowest BCUT2D eigenvalue weighted by molar-refractivity contribution is 0.0476. The molecule has 0 saturated heterocycles. The van der Waals surface area contributed by atoms with Crippen LogP contribution in [0.1, 0.15) is 41.5 Å². The average molecular weight is 316 g/mol. The lowest BCUT2D eigenvalue weighted by atomic mass is 10.1. The maximum absolute atomic E-state index is 11.8. The zero-order valence-electron chi connectivity index (χ0n) is 15.0. The van der Waals surface area contributed by atoms with Gasteiger partial charge in [0, 0.05) is 20.2 Å². The first-order valence-corrected chi connectivity index (χ1v) is 7.62. The first-order valence-electron chi connectivity index (χ1n) is 7.62. The van der Waals surface area contributed by atoms with Crippen LogP contribution >= 0.6 is 0 Å².